The number of anilines is 1. The van der Waals surface area contributed by atoms with Gasteiger partial charge >= 0.3 is 0 Å². The molecule has 1 aromatic rings. The Kier molecular flexibility index (Phi) is 4.56. The van der Waals surface area contributed by atoms with E-state index >= 15 is 0 Å². The molecule has 2 aliphatic rings. The summed E-state index contributed by atoms with van der Waals surface area (Å²) in [6.45, 7) is 4.70. The van der Waals surface area contributed by atoms with Crippen LogP contribution in [0.5, 0.6) is 0 Å². The molecule has 0 bridgehead atoms. The van der Waals surface area contributed by atoms with E-state index in [1.54, 1.807) is 0 Å². The number of nitrogens with zero attached hydrogens (tertiary/aromatic N) is 3. The van der Waals surface area contributed by atoms with Gasteiger partial charge in [-0.3, -0.25) is 0 Å². The molecular weight excluding hydrogens is 316 g/mol. The number of nitrogens with one attached hydrogen (secondary N) is 1. The normalized spacial score (nSPS) is 26.5. The maximum Gasteiger partial charge on any atom is 0.132 e. The molecule has 2 unspecified atom stereocenters. The third-order valence-corrected chi connectivity index (χ3v) is 4.79. The third kappa shape index (κ3) is 3.31. The number of aromatic nitrogens is 2. The number of piperidine rings is 1. The summed E-state index contributed by atoms with van der Waals surface area (Å²) in [6.07, 6.45) is 7.24. The number of hydrogen-bond acceptors (Lipinski definition) is 4. The fourth-order valence-electron chi connectivity index (χ4n) is 3.44. The molecule has 2 aliphatic heterocycles. The summed E-state index contributed by atoms with van der Waals surface area (Å²) < 4.78 is 0.886. The zero-order valence-electron chi connectivity index (χ0n) is 12.1. The molecule has 2 saturated heterocycles. The first-order valence-corrected chi connectivity index (χ1v) is 8.58. The quantitative estimate of drug-likeness (QED) is 0.855. The van der Waals surface area contributed by atoms with Crippen molar-refractivity contribution in [1.82, 2.24) is 14.9 Å². The van der Waals surface area contributed by atoms with Crippen LogP contribution in [0.4, 0.5) is 5.82 Å². The molecule has 2 atom stereocenters. The molecule has 0 saturated carbocycles. The number of fused-ring (bicyclic) bond motifs is 1. The van der Waals surface area contributed by atoms with Crippen molar-refractivity contribution >= 4 is 21.7 Å². The smallest absolute Gasteiger partial charge is 0.132 e. The fraction of sp³-hybridized carbons (Fsp3) is 0.733. The van der Waals surface area contributed by atoms with E-state index in [0.717, 1.165) is 35.1 Å². The zero-order chi connectivity index (χ0) is 13.9. The highest BCUT2D eigenvalue weighted by molar-refractivity contribution is 9.10. The monoisotopic (exact) mass is 338 g/mol. The first-order chi connectivity index (χ1) is 9.74. The first kappa shape index (κ1) is 14.3. The van der Waals surface area contributed by atoms with Gasteiger partial charge in [-0.15, -0.1) is 0 Å². The van der Waals surface area contributed by atoms with Gasteiger partial charge in [0.25, 0.3) is 0 Å². The SMILES string of the molecule is CCCc1nc(Br)cc(NC2CCN3CCCC3C2)n1. The second kappa shape index (κ2) is 6.39. The number of aryl methyl sites for hydroxylation is 1. The molecule has 4 nitrogen and oxygen atoms in total. The first-order valence-electron chi connectivity index (χ1n) is 7.78. The maximum absolute atomic E-state index is 4.64. The van der Waals surface area contributed by atoms with Crippen molar-refractivity contribution < 1.29 is 0 Å². The number of halogens is 1. The molecule has 3 rings (SSSR count). The fourth-order valence-corrected chi connectivity index (χ4v) is 3.86. The van der Waals surface area contributed by atoms with Gasteiger partial charge in [0.1, 0.15) is 16.2 Å². The van der Waals surface area contributed by atoms with Gasteiger partial charge < -0.3 is 10.2 Å². The largest absolute Gasteiger partial charge is 0.367 e. The number of hydrogen-bond donors (Lipinski definition) is 1. The molecule has 0 spiro atoms. The minimum Gasteiger partial charge on any atom is -0.367 e. The van der Waals surface area contributed by atoms with Crippen LogP contribution in [0, 0.1) is 0 Å². The molecule has 2 fully saturated rings. The van der Waals surface area contributed by atoms with Gasteiger partial charge in [0, 0.05) is 31.1 Å². The molecule has 0 aliphatic carbocycles. The summed E-state index contributed by atoms with van der Waals surface area (Å²) in [4.78, 5) is 11.7. The minimum atomic E-state index is 0.561. The molecular formula is C15H23BrN4. The van der Waals surface area contributed by atoms with E-state index in [4.69, 9.17) is 0 Å². The lowest BCUT2D eigenvalue weighted by Gasteiger charge is -2.35. The van der Waals surface area contributed by atoms with E-state index < -0.39 is 0 Å². The second-order valence-electron chi connectivity index (χ2n) is 5.94. The van der Waals surface area contributed by atoms with Crippen molar-refractivity contribution in [3.63, 3.8) is 0 Å². The lowest BCUT2D eigenvalue weighted by atomic mass is 9.97. The van der Waals surface area contributed by atoms with Gasteiger partial charge in [-0.05, 0) is 54.6 Å². The molecule has 0 aromatic carbocycles. The third-order valence-electron chi connectivity index (χ3n) is 4.39. The average Bonchev–Trinajstić information content (AvgIpc) is 2.85. The van der Waals surface area contributed by atoms with Gasteiger partial charge in [-0.2, -0.15) is 0 Å². The summed E-state index contributed by atoms with van der Waals surface area (Å²) in [5.41, 5.74) is 0. The Morgan fingerprint density at radius 3 is 3.10 bits per heavy atom. The van der Waals surface area contributed by atoms with Crippen molar-refractivity contribution in [3.05, 3.63) is 16.5 Å². The van der Waals surface area contributed by atoms with Crippen LogP contribution in [0.2, 0.25) is 0 Å². The predicted molar refractivity (Wildman–Crippen MR) is 85.0 cm³/mol. The summed E-state index contributed by atoms with van der Waals surface area (Å²) >= 11 is 3.49. The van der Waals surface area contributed by atoms with Crippen molar-refractivity contribution in [2.75, 3.05) is 18.4 Å². The highest BCUT2D eigenvalue weighted by Gasteiger charge is 2.31. The van der Waals surface area contributed by atoms with Crippen LogP contribution >= 0.6 is 15.9 Å². The van der Waals surface area contributed by atoms with Gasteiger partial charge in [0.15, 0.2) is 0 Å². The molecule has 0 radical (unpaired) electrons. The summed E-state index contributed by atoms with van der Waals surface area (Å²) in [5, 5.41) is 3.63. The predicted octanol–water partition coefficient (Wildman–Crippen LogP) is 3.23. The summed E-state index contributed by atoms with van der Waals surface area (Å²) in [7, 11) is 0. The lowest BCUT2D eigenvalue weighted by molar-refractivity contribution is 0.188. The molecule has 3 heterocycles. The highest BCUT2D eigenvalue weighted by atomic mass is 79.9. The van der Waals surface area contributed by atoms with Crippen molar-refractivity contribution in [2.24, 2.45) is 0 Å². The van der Waals surface area contributed by atoms with Crippen molar-refractivity contribution in [3.8, 4) is 0 Å². The molecule has 110 valence electrons. The van der Waals surface area contributed by atoms with E-state index in [1.165, 1.54) is 38.8 Å². The summed E-state index contributed by atoms with van der Waals surface area (Å²) in [5.74, 6) is 1.91. The van der Waals surface area contributed by atoms with E-state index in [-0.39, 0.29) is 0 Å². The van der Waals surface area contributed by atoms with Crippen LogP contribution in [-0.4, -0.2) is 40.0 Å². The minimum absolute atomic E-state index is 0.561. The molecule has 1 aromatic heterocycles. The standard InChI is InChI=1S/C15H23BrN4/c1-2-4-14-18-13(16)10-15(19-14)17-11-6-8-20-7-3-5-12(20)9-11/h10-12H,2-9H2,1H3,(H,17,18,19). The van der Waals surface area contributed by atoms with E-state index in [2.05, 4.69) is 43.0 Å². The van der Waals surface area contributed by atoms with E-state index in [9.17, 15) is 0 Å². The molecule has 0 amide bonds. The molecule has 5 heteroatoms. The van der Waals surface area contributed by atoms with Crippen LogP contribution in [0.25, 0.3) is 0 Å². The van der Waals surface area contributed by atoms with Crippen molar-refractivity contribution in [2.45, 2.75) is 57.5 Å². The summed E-state index contributed by atoms with van der Waals surface area (Å²) in [6, 6.07) is 3.35. The van der Waals surface area contributed by atoms with Gasteiger partial charge in [-0.1, -0.05) is 6.92 Å². The van der Waals surface area contributed by atoms with Crippen molar-refractivity contribution in [1.29, 1.82) is 0 Å². The molecule has 20 heavy (non-hydrogen) atoms. The topological polar surface area (TPSA) is 41.1 Å². The van der Waals surface area contributed by atoms with E-state index in [0.29, 0.717) is 6.04 Å². The van der Waals surface area contributed by atoms with Crippen LogP contribution < -0.4 is 5.32 Å². The zero-order valence-corrected chi connectivity index (χ0v) is 13.7. The Morgan fingerprint density at radius 1 is 1.35 bits per heavy atom. The van der Waals surface area contributed by atoms with Crippen LogP contribution in [0.1, 0.15) is 44.9 Å². The number of rotatable bonds is 4. The highest BCUT2D eigenvalue weighted by Crippen LogP contribution is 2.28. The van der Waals surface area contributed by atoms with Crippen LogP contribution in [0.15, 0.2) is 10.7 Å². The molecule has 1 N–H and O–H groups in total. The van der Waals surface area contributed by atoms with Gasteiger partial charge in [-0.25, -0.2) is 9.97 Å². The van der Waals surface area contributed by atoms with E-state index in [1.807, 2.05) is 6.07 Å². The Labute approximate surface area is 129 Å². The lowest BCUT2D eigenvalue weighted by Crippen LogP contribution is -2.42. The Hall–Kier alpha value is -0.680. The maximum atomic E-state index is 4.64. The van der Waals surface area contributed by atoms with Gasteiger partial charge in [0.2, 0.25) is 0 Å². The Bertz CT molecular complexity index is 465. The van der Waals surface area contributed by atoms with Crippen LogP contribution in [0.3, 0.4) is 0 Å². The Balaban J connectivity index is 1.65. The van der Waals surface area contributed by atoms with Crippen LogP contribution in [-0.2, 0) is 6.42 Å². The average molecular weight is 339 g/mol. The van der Waals surface area contributed by atoms with Gasteiger partial charge in [0.05, 0.1) is 0 Å². The second-order valence-corrected chi connectivity index (χ2v) is 6.75. The Morgan fingerprint density at radius 2 is 2.25 bits per heavy atom.